The number of likely N-dealkylation sites (tertiary alicyclic amines) is 1. The molecule has 2 aliphatic heterocycles. The number of carbonyl (C=O) groups excluding carboxylic acids is 1. The number of nitrogens with one attached hydrogen (secondary N) is 1. The van der Waals surface area contributed by atoms with E-state index in [9.17, 15) is 4.79 Å². The van der Waals surface area contributed by atoms with Gasteiger partial charge in [-0.3, -0.25) is 9.69 Å². The number of carbonyl (C=O) groups is 1. The van der Waals surface area contributed by atoms with Gasteiger partial charge < -0.3 is 10.2 Å². The quantitative estimate of drug-likeness (QED) is 0.834. The van der Waals surface area contributed by atoms with Crippen LogP contribution < -0.4 is 5.32 Å². The van der Waals surface area contributed by atoms with Crippen LogP contribution >= 0.6 is 0 Å². The van der Waals surface area contributed by atoms with Crippen LogP contribution in [0, 0.1) is 5.92 Å². The average molecular weight is 267 g/mol. The van der Waals surface area contributed by atoms with Gasteiger partial charge >= 0.3 is 0 Å². The average Bonchev–Trinajstić information content (AvgIpc) is 2.74. The van der Waals surface area contributed by atoms with E-state index in [1.807, 2.05) is 4.90 Å². The fourth-order valence-corrected chi connectivity index (χ4v) is 3.71. The number of amides is 1. The molecule has 0 aromatic heterocycles. The highest BCUT2D eigenvalue weighted by atomic mass is 16.2. The lowest BCUT2D eigenvalue weighted by molar-refractivity contribution is -0.136. The van der Waals surface area contributed by atoms with E-state index in [4.69, 9.17) is 0 Å². The molecule has 1 N–H and O–H groups in total. The van der Waals surface area contributed by atoms with Crippen molar-refractivity contribution in [1.29, 1.82) is 0 Å². The number of hydrogen-bond acceptors (Lipinski definition) is 3. The molecule has 0 aliphatic carbocycles. The first-order valence-electron chi connectivity index (χ1n) is 7.76. The Bertz CT molecular complexity index is 309. The third-order valence-electron chi connectivity index (χ3n) is 4.50. The molecule has 0 aromatic rings. The Balaban J connectivity index is 1.88. The second-order valence-corrected chi connectivity index (χ2v) is 6.62. The van der Waals surface area contributed by atoms with E-state index in [0.717, 1.165) is 25.6 Å². The smallest absolute Gasteiger partial charge is 0.237 e. The summed E-state index contributed by atoms with van der Waals surface area (Å²) >= 11 is 0. The van der Waals surface area contributed by atoms with Gasteiger partial charge in [0.05, 0.1) is 6.54 Å². The van der Waals surface area contributed by atoms with E-state index < -0.39 is 0 Å². The molecule has 1 amide bonds. The summed E-state index contributed by atoms with van der Waals surface area (Å²) in [6.07, 6.45) is 2.47. The fraction of sp³-hybridized carbons (Fsp3) is 0.933. The Morgan fingerprint density at radius 2 is 1.95 bits per heavy atom. The molecule has 2 fully saturated rings. The molecular weight excluding hydrogens is 238 g/mol. The van der Waals surface area contributed by atoms with Gasteiger partial charge in [-0.15, -0.1) is 0 Å². The summed E-state index contributed by atoms with van der Waals surface area (Å²) in [6.45, 7) is 12.3. The lowest BCUT2D eigenvalue weighted by Gasteiger charge is -2.37. The Kier molecular flexibility index (Phi) is 4.85. The molecule has 19 heavy (non-hydrogen) atoms. The lowest BCUT2D eigenvalue weighted by Crippen LogP contribution is -2.51. The molecule has 0 radical (unpaired) electrons. The molecule has 0 bridgehead atoms. The van der Waals surface area contributed by atoms with Crippen molar-refractivity contribution < 1.29 is 4.79 Å². The van der Waals surface area contributed by atoms with Gasteiger partial charge in [0, 0.05) is 31.2 Å². The third-order valence-corrected chi connectivity index (χ3v) is 4.50. The standard InChI is InChI=1S/C15H29N3O/c1-11(2)18(12(3)4)15(19)10-17-8-6-14-13(9-17)5-7-16-14/h11-14,16H,5-10H2,1-4H3. The summed E-state index contributed by atoms with van der Waals surface area (Å²) in [4.78, 5) is 16.8. The molecule has 2 saturated heterocycles. The summed E-state index contributed by atoms with van der Waals surface area (Å²) in [7, 11) is 0. The van der Waals surface area contributed by atoms with E-state index in [-0.39, 0.29) is 18.0 Å². The molecule has 2 heterocycles. The maximum absolute atomic E-state index is 12.5. The van der Waals surface area contributed by atoms with Crippen molar-refractivity contribution >= 4 is 5.91 Å². The number of hydrogen-bond donors (Lipinski definition) is 1. The normalized spacial score (nSPS) is 27.9. The SMILES string of the molecule is CC(C)N(C(=O)CN1CCC2NCCC2C1)C(C)C. The van der Waals surface area contributed by atoms with Crippen molar-refractivity contribution in [1.82, 2.24) is 15.1 Å². The summed E-state index contributed by atoms with van der Waals surface area (Å²) < 4.78 is 0. The number of piperidine rings is 1. The topological polar surface area (TPSA) is 35.6 Å². The van der Waals surface area contributed by atoms with Gasteiger partial charge in [-0.1, -0.05) is 0 Å². The zero-order valence-corrected chi connectivity index (χ0v) is 12.9. The Hall–Kier alpha value is -0.610. The van der Waals surface area contributed by atoms with Crippen LogP contribution in [0.5, 0.6) is 0 Å². The summed E-state index contributed by atoms with van der Waals surface area (Å²) in [5.74, 6) is 1.04. The zero-order chi connectivity index (χ0) is 14.0. The number of fused-ring (bicyclic) bond motifs is 1. The molecule has 2 atom stereocenters. The van der Waals surface area contributed by atoms with Crippen LogP contribution in [0.3, 0.4) is 0 Å². The van der Waals surface area contributed by atoms with E-state index in [2.05, 4.69) is 37.9 Å². The maximum atomic E-state index is 12.5. The monoisotopic (exact) mass is 267 g/mol. The van der Waals surface area contributed by atoms with Crippen molar-refractivity contribution in [3.8, 4) is 0 Å². The molecule has 2 rings (SSSR count). The van der Waals surface area contributed by atoms with Crippen molar-refractivity contribution in [2.24, 2.45) is 5.92 Å². The predicted molar refractivity (Wildman–Crippen MR) is 78.1 cm³/mol. The fourth-order valence-electron chi connectivity index (χ4n) is 3.71. The lowest BCUT2D eigenvalue weighted by atomic mass is 9.93. The van der Waals surface area contributed by atoms with E-state index in [1.165, 1.54) is 12.8 Å². The van der Waals surface area contributed by atoms with Crippen molar-refractivity contribution in [2.75, 3.05) is 26.2 Å². The largest absolute Gasteiger partial charge is 0.337 e. The third kappa shape index (κ3) is 3.48. The molecule has 2 aliphatic rings. The van der Waals surface area contributed by atoms with E-state index in [0.29, 0.717) is 12.6 Å². The second kappa shape index (κ2) is 6.23. The van der Waals surface area contributed by atoms with Crippen molar-refractivity contribution in [3.63, 3.8) is 0 Å². The molecular formula is C15H29N3O. The molecule has 0 aromatic carbocycles. The van der Waals surface area contributed by atoms with Gasteiger partial charge in [-0.05, 0) is 53.0 Å². The van der Waals surface area contributed by atoms with E-state index in [1.54, 1.807) is 0 Å². The first-order valence-corrected chi connectivity index (χ1v) is 7.76. The minimum Gasteiger partial charge on any atom is -0.337 e. The van der Waals surface area contributed by atoms with Crippen LogP contribution in [0.4, 0.5) is 0 Å². The van der Waals surface area contributed by atoms with Crippen LogP contribution in [0.15, 0.2) is 0 Å². The van der Waals surface area contributed by atoms with Crippen LogP contribution in [-0.2, 0) is 4.79 Å². The highest BCUT2D eigenvalue weighted by Crippen LogP contribution is 2.24. The van der Waals surface area contributed by atoms with Gasteiger partial charge in [-0.25, -0.2) is 0 Å². The van der Waals surface area contributed by atoms with E-state index >= 15 is 0 Å². The van der Waals surface area contributed by atoms with Gasteiger partial charge in [-0.2, -0.15) is 0 Å². The number of nitrogens with zero attached hydrogens (tertiary/aromatic N) is 2. The zero-order valence-electron chi connectivity index (χ0n) is 12.9. The van der Waals surface area contributed by atoms with Gasteiger partial charge in [0.1, 0.15) is 0 Å². The summed E-state index contributed by atoms with van der Waals surface area (Å²) in [6, 6.07) is 1.29. The van der Waals surface area contributed by atoms with Gasteiger partial charge in [0.15, 0.2) is 0 Å². The Labute approximate surface area is 117 Å². The Morgan fingerprint density at radius 3 is 2.58 bits per heavy atom. The van der Waals surface area contributed by atoms with Crippen LogP contribution in [0.25, 0.3) is 0 Å². The first kappa shape index (κ1) is 14.8. The highest BCUT2D eigenvalue weighted by Gasteiger charge is 2.33. The first-order chi connectivity index (χ1) is 8.99. The second-order valence-electron chi connectivity index (χ2n) is 6.62. The minimum atomic E-state index is 0.286. The summed E-state index contributed by atoms with van der Waals surface area (Å²) in [5.41, 5.74) is 0. The molecule has 0 saturated carbocycles. The molecule has 0 spiro atoms. The minimum absolute atomic E-state index is 0.286. The van der Waals surface area contributed by atoms with Gasteiger partial charge in [0.25, 0.3) is 0 Å². The van der Waals surface area contributed by atoms with Crippen molar-refractivity contribution in [2.45, 2.75) is 58.7 Å². The molecule has 4 nitrogen and oxygen atoms in total. The van der Waals surface area contributed by atoms with Crippen LogP contribution in [0.2, 0.25) is 0 Å². The van der Waals surface area contributed by atoms with Gasteiger partial charge in [0.2, 0.25) is 5.91 Å². The molecule has 4 heteroatoms. The van der Waals surface area contributed by atoms with Crippen LogP contribution in [-0.4, -0.2) is 60.0 Å². The Morgan fingerprint density at radius 1 is 1.26 bits per heavy atom. The van der Waals surface area contributed by atoms with Crippen molar-refractivity contribution in [3.05, 3.63) is 0 Å². The molecule has 2 unspecified atom stereocenters. The predicted octanol–water partition coefficient (Wildman–Crippen LogP) is 1.32. The molecule has 110 valence electrons. The highest BCUT2D eigenvalue weighted by molar-refractivity contribution is 5.78. The summed E-state index contributed by atoms with van der Waals surface area (Å²) in [5, 5.41) is 3.57. The number of rotatable bonds is 4. The maximum Gasteiger partial charge on any atom is 0.237 e. The van der Waals surface area contributed by atoms with Crippen LogP contribution in [0.1, 0.15) is 40.5 Å².